The summed E-state index contributed by atoms with van der Waals surface area (Å²) in [5, 5.41) is 12.9. The van der Waals surface area contributed by atoms with Crippen molar-refractivity contribution in [2.45, 2.75) is 0 Å². The van der Waals surface area contributed by atoms with Gasteiger partial charge in [-0.15, -0.1) is 0 Å². The topological polar surface area (TPSA) is 233 Å². The van der Waals surface area contributed by atoms with Gasteiger partial charge < -0.3 is 10.6 Å². The Bertz CT molecular complexity index is 2260. The Morgan fingerprint density at radius 3 is 1.28 bits per heavy atom. The van der Waals surface area contributed by atoms with Crippen LogP contribution in [0.15, 0.2) is 117 Å². The van der Waals surface area contributed by atoms with Gasteiger partial charge in [-0.1, -0.05) is 36.4 Å². The largest absolute Gasteiger partial charge is 0.323 e. The molecular formula is C33H24N6O9S2. The Morgan fingerprint density at radius 2 is 0.920 bits per heavy atom. The fourth-order valence-corrected chi connectivity index (χ4v) is 6.31. The lowest BCUT2D eigenvalue weighted by atomic mass is 9.94. The number of amides is 2. The monoisotopic (exact) mass is 712 g/mol. The van der Waals surface area contributed by atoms with Gasteiger partial charge in [0.25, 0.3) is 20.2 Å². The van der Waals surface area contributed by atoms with Gasteiger partial charge in [-0.25, -0.2) is 4.79 Å². The molecule has 6 rings (SSSR count). The lowest BCUT2D eigenvalue weighted by Crippen LogP contribution is -2.27. The third kappa shape index (κ3) is 7.25. The predicted octanol–water partition coefficient (Wildman–Crippen LogP) is 5.12. The molecule has 0 bridgehead atoms. The molecule has 0 heterocycles. The van der Waals surface area contributed by atoms with Crippen molar-refractivity contribution in [2.24, 2.45) is 10.2 Å². The summed E-state index contributed by atoms with van der Waals surface area (Å²) in [4.78, 5) is 37.9. The molecule has 0 atom stereocenters. The van der Waals surface area contributed by atoms with E-state index < -0.39 is 59.1 Å². The van der Waals surface area contributed by atoms with Gasteiger partial charge in [0.1, 0.15) is 9.81 Å². The zero-order chi connectivity index (χ0) is 35.6. The van der Waals surface area contributed by atoms with Gasteiger partial charge in [0.05, 0.1) is 11.4 Å². The second-order valence-electron chi connectivity index (χ2n) is 10.7. The fourth-order valence-electron chi connectivity index (χ4n) is 5.00. The molecule has 0 aliphatic heterocycles. The van der Waals surface area contributed by atoms with Gasteiger partial charge in [-0.2, -0.15) is 27.0 Å². The van der Waals surface area contributed by atoms with Gasteiger partial charge in [0, 0.05) is 22.5 Å². The summed E-state index contributed by atoms with van der Waals surface area (Å²) in [6.07, 6.45) is 2.10. The van der Waals surface area contributed by atoms with Crippen LogP contribution in [0.5, 0.6) is 0 Å². The molecule has 252 valence electrons. The number of hydrazone groups is 2. The third-order valence-electron chi connectivity index (χ3n) is 7.28. The molecule has 0 saturated carbocycles. The second kappa shape index (κ2) is 13.3. The Hall–Kier alpha value is -6.27. The van der Waals surface area contributed by atoms with E-state index in [1.807, 2.05) is 0 Å². The normalized spacial score (nSPS) is 15.8. The summed E-state index contributed by atoms with van der Waals surface area (Å²) in [5.74, 6) is -1.58. The number of ketones is 2. The van der Waals surface area contributed by atoms with Crippen LogP contribution in [-0.4, -0.2) is 55.0 Å². The van der Waals surface area contributed by atoms with Crippen LogP contribution in [0.25, 0.3) is 12.2 Å². The molecule has 0 fully saturated rings. The highest BCUT2D eigenvalue weighted by molar-refractivity contribution is 7.91. The number of nitrogens with one attached hydrogen (secondary N) is 4. The lowest BCUT2D eigenvalue weighted by molar-refractivity contribution is 0.105. The van der Waals surface area contributed by atoms with E-state index in [4.69, 9.17) is 0 Å². The second-order valence-corrected chi connectivity index (χ2v) is 13.5. The summed E-state index contributed by atoms with van der Waals surface area (Å²) < 4.78 is 68.5. The highest BCUT2D eigenvalue weighted by atomic mass is 32.2. The van der Waals surface area contributed by atoms with Crippen LogP contribution in [0.3, 0.4) is 0 Å². The first-order valence-corrected chi connectivity index (χ1v) is 17.3. The minimum Gasteiger partial charge on any atom is -0.308 e. The van der Waals surface area contributed by atoms with Crippen LogP contribution in [-0.2, 0) is 20.2 Å². The summed E-state index contributed by atoms with van der Waals surface area (Å²) in [5.41, 5.74) is 5.59. The number of hydrogen-bond donors (Lipinski definition) is 6. The maximum absolute atomic E-state index is 13.2. The summed E-state index contributed by atoms with van der Waals surface area (Å²) in [7, 11) is -9.80. The maximum atomic E-state index is 13.2. The summed E-state index contributed by atoms with van der Waals surface area (Å²) >= 11 is 0. The fraction of sp³-hybridized carbons (Fsp3) is 0. The van der Waals surface area contributed by atoms with Crippen LogP contribution in [0, 0.1) is 0 Å². The first kappa shape index (κ1) is 33.6. The van der Waals surface area contributed by atoms with E-state index >= 15 is 0 Å². The van der Waals surface area contributed by atoms with Crippen molar-refractivity contribution >= 4 is 84.2 Å². The molecule has 17 heteroatoms. The van der Waals surface area contributed by atoms with E-state index in [9.17, 15) is 40.3 Å². The molecule has 0 radical (unpaired) electrons. The van der Waals surface area contributed by atoms with E-state index in [0.29, 0.717) is 11.4 Å². The van der Waals surface area contributed by atoms with E-state index in [1.165, 1.54) is 36.4 Å². The summed E-state index contributed by atoms with van der Waals surface area (Å²) in [6.45, 7) is 0. The minimum absolute atomic E-state index is 0.0552. The standard InChI is InChI=1S/C33H24N6O9S2/c40-31-25-13-11-23(15-19(25)17-27(49(43,44)45)29(31)38-36-21-7-3-1-4-8-21)34-33(42)35-24-12-14-26-20(16-24)18-28(50(46,47)48)30(32(26)41)39-37-22-9-5-2-6-10-22/h1-18,36-37H,(H2,34,35,42)(H,43,44,45)(H,46,47,48)/b38-29+,39-30+. The van der Waals surface area contributed by atoms with Crippen molar-refractivity contribution in [1.82, 2.24) is 0 Å². The number of nitrogens with zero attached hydrogens (tertiary/aromatic N) is 2. The number of urea groups is 1. The SMILES string of the molecule is O=C(Nc1ccc2c(c1)C=C(S(=O)(=O)O)/C(=N\Nc1ccccc1)C2=O)Nc1ccc2c(c1)C=C(S(=O)(=O)O)/C(=N\Nc1ccccc1)C2=O. The van der Waals surface area contributed by atoms with E-state index in [-0.39, 0.29) is 33.6 Å². The number of carbonyl (C=O) groups excluding carboxylic acids is 3. The molecule has 50 heavy (non-hydrogen) atoms. The predicted molar refractivity (Wildman–Crippen MR) is 188 cm³/mol. The van der Waals surface area contributed by atoms with Crippen LogP contribution in [0.2, 0.25) is 0 Å². The zero-order valence-corrected chi connectivity index (χ0v) is 27.0. The van der Waals surface area contributed by atoms with Crippen molar-refractivity contribution in [3.8, 4) is 0 Å². The Balaban J connectivity index is 1.22. The van der Waals surface area contributed by atoms with Crippen LogP contribution in [0.1, 0.15) is 31.8 Å². The number of hydrogen-bond acceptors (Lipinski definition) is 11. The van der Waals surface area contributed by atoms with Gasteiger partial charge in [0.15, 0.2) is 11.4 Å². The van der Waals surface area contributed by atoms with Crippen molar-refractivity contribution in [3.05, 3.63) is 129 Å². The van der Waals surface area contributed by atoms with Gasteiger partial charge >= 0.3 is 6.03 Å². The van der Waals surface area contributed by atoms with Crippen molar-refractivity contribution in [2.75, 3.05) is 21.5 Å². The van der Waals surface area contributed by atoms with Crippen molar-refractivity contribution in [1.29, 1.82) is 0 Å². The number of para-hydroxylation sites is 2. The average Bonchev–Trinajstić information content (AvgIpc) is 3.07. The minimum atomic E-state index is -4.90. The van der Waals surface area contributed by atoms with E-state index in [2.05, 4.69) is 31.7 Å². The molecule has 4 aromatic carbocycles. The van der Waals surface area contributed by atoms with Crippen LogP contribution < -0.4 is 21.5 Å². The quantitative estimate of drug-likeness (QED) is 0.104. The smallest absolute Gasteiger partial charge is 0.308 e. The first-order valence-electron chi connectivity index (χ1n) is 14.4. The molecule has 0 spiro atoms. The molecule has 4 aromatic rings. The molecule has 0 unspecified atom stereocenters. The average molecular weight is 713 g/mol. The van der Waals surface area contributed by atoms with Gasteiger partial charge in [0.2, 0.25) is 11.6 Å². The Kier molecular flexibility index (Phi) is 8.96. The molecule has 2 aliphatic rings. The molecule has 2 amide bonds. The summed E-state index contributed by atoms with van der Waals surface area (Å²) in [6, 6.07) is 24.2. The number of rotatable bonds is 8. The van der Waals surface area contributed by atoms with Crippen molar-refractivity contribution < 1.29 is 40.3 Å². The number of Topliss-reactive ketones (excluding diaryl/α,β-unsaturated/α-hetero) is 2. The van der Waals surface area contributed by atoms with E-state index in [0.717, 1.165) is 12.2 Å². The van der Waals surface area contributed by atoms with Crippen LogP contribution in [0.4, 0.5) is 27.5 Å². The Labute approximate surface area is 284 Å². The molecule has 2 aliphatic carbocycles. The van der Waals surface area contributed by atoms with Crippen molar-refractivity contribution in [3.63, 3.8) is 0 Å². The lowest BCUT2D eigenvalue weighted by Gasteiger charge is -2.18. The maximum Gasteiger partial charge on any atom is 0.323 e. The zero-order valence-electron chi connectivity index (χ0n) is 25.4. The number of fused-ring (bicyclic) bond motifs is 2. The van der Waals surface area contributed by atoms with Gasteiger partial charge in [-0.05, 0) is 83.9 Å². The van der Waals surface area contributed by atoms with Gasteiger partial charge in [-0.3, -0.25) is 29.5 Å². The van der Waals surface area contributed by atoms with E-state index in [1.54, 1.807) is 60.7 Å². The number of anilines is 4. The highest BCUT2D eigenvalue weighted by Gasteiger charge is 2.34. The highest BCUT2D eigenvalue weighted by Crippen LogP contribution is 2.30. The number of benzene rings is 4. The number of carbonyl (C=O) groups is 3. The first-order chi connectivity index (χ1) is 23.8. The Morgan fingerprint density at radius 1 is 0.540 bits per heavy atom. The molecule has 6 N–H and O–H groups in total. The molecule has 0 saturated heterocycles. The third-order valence-corrected chi connectivity index (χ3v) is 9.01. The molecule has 0 aromatic heterocycles. The van der Waals surface area contributed by atoms with Crippen LogP contribution >= 0.6 is 0 Å². The molecular weight excluding hydrogens is 689 g/mol. The number of allylic oxidation sites excluding steroid dienone is 2. The molecule has 15 nitrogen and oxygen atoms in total.